The predicted molar refractivity (Wildman–Crippen MR) is 156 cm³/mol. The number of rotatable bonds is 22. The molecule has 1 rings (SSSR count). The Bertz CT molecular complexity index is 592. The van der Waals surface area contributed by atoms with Crippen LogP contribution in [0, 0.1) is 11.8 Å². The van der Waals surface area contributed by atoms with E-state index in [1.807, 2.05) is 41.5 Å². The molecule has 9 heteroatoms. The summed E-state index contributed by atoms with van der Waals surface area (Å²) < 4.78 is 27.1. The predicted octanol–water partition coefficient (Wildman–Crippen LogP) is 3.72. The highest BCUT2D eigenvalue weighted by Crippen LogP contribution is 2.02. The molecule has 9 nitrogen and oxygen atoms in total. The molecule has 0 aromatic heterocycles. The van der Waals surface area contributed by atoms with Crippen LogP contribution in [0.25, 0.3) is 0 Å². The minimum absolute atomic E-state index is 0.0576. The zero-order valence-corrected chi connectivity index (χ0v) is 26.4. The number of hydrogen-bond acceptors (Lipinski definition) is 9. The zero-order chi connectivity index (χ0) is 29.5. The number of Topliss-reactive ketones (excluding diaryl/α,β-unsaturated/α-hetero) is 2. The second-order valence-corrected chi connectivity index (χ2v) is 11.2. The Labute approximate surface area is 239 Å². The molecule has 0 saturated carbocycles. The fourth-order valence-corrected chi connectivity index (χ4v) is 3.37. The number of piperazine rings is 1. The van der Waals surface area contributed by atoms with Crippen molar-refractivity contribution in [1.82, 2.24) is 9.80 Å². The van der Waals surface area contributed by atoms with Crippen LogP contribution < -0.4 is 0 Å². The Balaban J connectivity index is 0.000000751. The van der Waals surface area contributed by atoms with E-state index >= 15 is 0 Å². The van der Waals surface area contributed by atoms with Gasteiger partial charge in [0.25, 0.3) is 0 Å². The first-order valence-corrected chi connectivity index (χ1v) is 15.0. The highest BCUT2D eigenvalue weighted by atomic mass is 16.5. The van der Waals surface area contributed by atoms with Crippen molar-refractivity contribution in [3.63, 3.8) is 0 Å². The van der Waals surface area contributed by atoms with E-state index in [2.05, 4.69) is 23.6 Å². The molecule has 0 atom stereocenters. The molecule has 0 N–H and O–H groups in total. The SMILES string of the molecule is CC(C)OCCCOCCCOCC(=O)C(C)C.CC(C)OCCN1CCN(CCOCC(=O)C(C)C)CC1. The van der Waals surface area contributed by atoms with Crippen molar-refractivity contribution in [3.05, 3.63) is 0 Å². The summed E-state index contributed by atoms with van der Waals surface area (Å²) in [4.78, 5) is 27.5. The Morgan fingerprint density at radius 2 is 0.923 bits per heavy atom. The molecule has 1 heterocycles. The van der Waals surface area contributed by atoms with E-state index in [-0.39, 0.29) is 42.7 Å². The lowest BCUT2D eigenvalue weighted by molar-refractivity contribution is -0.127. The van der Waals surface area contributed by atoms with Gasteiger partial charge in [0.1, 0.15) is 13.2 Å². The van der Waals surface area contributed by atoms with Gasteiger partial charge in [-0.05, 0) is 40.5 Å². The minimum Gasteiger partial charge on any atom is -0.381 e. The maximum atomic E-state index is 11.4. The average molecular weight is 561 g/mol. The summed E-state index contributed by atoms with van der Waals surface area (Å²) in [5, 5.41) is 0. The van der Waals surface area contributed by atoms with Gasteiger partial charge in [0.15, 0.2) is 11.6 Å². The van der Waals surface area contributed by atoms with Gasteiger partial charge in [-0.25, -0.2) is 0 Å². The summed E-state index contributed by atoms with van der Waals surface area (Å²) in [5.74, 6) is 0.468. The standard InChI is InChI=1S/C16H32N2O3.C14H28O4/c1-14(2)16(19)13-20-11-9-17-5-7-18(8-6-17)10-12-21-15(3)4;1-12(2)14(15)11-17-9-5-7-16-8-6-10-18-13(3)4/h14-15H,5-13H2,1-4H3;12-13H,5-11H2,1-4H3. The van der Waals surface area contributed by atoms with E-state index < -0.39 is 0 Å². The van der Waals surface area contributed by atoms with E-state index in [1.165, 1.54) is 0 Å². The number of carbonyl (C=O) groups excluding carboxylic acids is 2. The maximum Gasteiger partial charge on any atom is 0.160 e. The number of carbonyl (C=O) groups is 2. The van der Waals surface area contributed by atoms with E-state index in [0.717, 1.165) is 71.9 Å². The molecule has 232 valence electrons. The lowest BCUT2D eigenvalue weighted by Gasteiger charge is -2.34. The van der Waals surface area contributed by atoms with Crippen LogP contribution in [0.5, 0.6) is 0 Å². The third kappa shape index (κ3) is 24.6. The van der Waals surface area contributed by atoms with Crippen LogP contribution in [0.2, 0.25) is 0 Å². The Kier molecular flexibility index (Phi) is 24.2. The molecule has 39 heavy (non-hydrogen) atoms. The summed E-state index contributed by atoms with van der Waals surface area (Å²) in [6.07, 6.45) is 2.36. The minimum atomic E-state index is 0.0576. The normalized spacial score (nSPS) is 14.9. The van der Waals surface area contributed by atoms with Crippen LogP contribution in [-0.2, 0) is 33.3 Å². The van der Waals surface area contributed by atoms with Crippen molar-refractivity contribution < 1.29 is 33.3 Å². The van der Waals surface area contributed by atoms with E-state index in [1.54, 1.807) is 0 Å². The Morgan fingerprint density at radius 1 is 0.538 bits per heavy atom. The molecule has 1 aliphatic rings. The Morgan fingerprint density at radius 3 is 1.38 bits per heavy atom. The number of ketones is 2. The zero-order valence-electron chi connectivity index (χ0n) is 26.4. The van der Waals surface area contributed by atoms with Gasteiger partial charge in [0, 0.05) is 77.5 Å². The van der Waals surface area contributed by atoms with Gasteiger partial charge >= 0.3 is 0 Å². The van der Waals surface area contributed by atoms with Crippen LogP contribution in [0.1, 0.15) is 68.2 Å². The number of ether oxygens (including phenoxy) is 5. The van der Waals surface area contributed by atoms with Gasteiger partial charge < -0.3 is 23.7 Å². The average Bonchev–Trinajstić information content (AvgIpc) is 2.88. The van der Waals surface area contributed by atoms with E-state index in [0.29, 0.717) is 25.9 Å². The fraction of sp³-hybridized carbons (Fsp3) is 0.933. The van der Waals surface area contributed by atoms with Gasteiger partial charge in [-0.1, -0.05) is 27.7 Å². The molecule has 0 unspecified atom stereocenters. The number of hydrogen-bond donors (Lipinski definition) is 0. The second-order valence-electron chi connectivity index (χ2n) is 11.2. The first kappa shape index (κ1) is 38.1. The van der Waals surface area contributed by atoms with Crippen LogP contribution in [0.3, 0.4) is 0 Å². The lowest BCUT2D eigenvalue weighted by atomic mass is 10.1. The van der Waals surface area contributed by atoms with Gasteiger partial charge in [-0.15, -0.1) is 0 Å². The molecule has 0 spiro atoms. The van der Waals surface area contributed by atoms with E-state index in [9.17, 15) is 9.59 Å². The fourth-order valence-electron chi connectivity index (χ4n) is 3.37. The van der Waals surface area contributed by atoms with Crippen molar-refractivity contribution in [2.24, 2.45) is 11.8 Å². The number of nitrogens with zero attached hydrogens (tertiary/aromatic N) is 2. The first-order valence-electron chi connectivity index (χ1n) is 15.0. The molecule has 1 fully saturated rings. The van der Waals surface area contributed by atoms with Crippen molar-refractivity contribution >= 4 is 11.6 Å². The largest absolute Gasteiger partial charge is 0.381 e. The van der Waals surface area contributed by atoms with Gasteiger partial charge in [-0.2, -0.15) is 0 Å². The summed E-state index contributed by atoms with van der Waals surface area (Å²) in [6.45, 7) is 26.7. The Hall–Kier alpha value is -0.940. The monoisotopic (exact) mass is 560 g/mol. The van der Waals surface area contributed by atoms with Gasteiger partial charge in [0.2, 0.25) is 0 Å². The third-order valence-electron chi connectivity index (χ3n) is 6.11. The van der Waals surface area contributed by atoms with Crippen LogP contribution in [0.4, 0.5) is 0 Å². The maximum absolute atomic E-state index is 11.4. The van der Waals surface area contributed by atoms with Crippen molar-refractivity contribution in [1.29, 1.82) is 0 Å². The molecule has 0 aromatic rings. The van der Waals surface area contributed by atoms with Crippen molar-refractivity contribution in [2.45, 2.75) is 80.4 Å². The second kappa shape index (κ2) is 24.8. The quantitative estimate of drug-likeness (QED) is 0.184. The van der Waals surface area contributed by atoms with E-state index in [4.69, 9.17) is 23.7 Å². The van der Waals surface area contributed by atoms with Gasteiger partial charge in [0.05, 0.1) is 25.4 Å². The molecule has 1 saturated heterocycles. The van der Waals surface area contributed by atoms with Crippen molar-refractivity contribution in [2.75, 3.05) is 92.1 Å². The molecule has 0 aromatic carbocycles. The summed E-state index contributed by atoms with van der Waals surface area (Å²) in [7, 11) is 0. The van der Waals surface area contributed by atoms with Crippen molar-refractivity contribution in [3.8, 4) is 0 Å². The first-order chi connectivity index (χ1) is 18.5. The molecular weight excluding hydrogens is 500 g/mol. The van der Waals surface area contributed by atoms with Crippen LogP contribution >= 0.6 is 0 Å². The van der Waals surface area contributed by atoms with Gasteiger partial charge in [-0.3, -0.25) is 19.4 Å². The summed E-state index contributed by atoms with van der Waals surface area (Å²) in [6, 6.07) is 0. The molecule has 0 amide bonds. The smallest absolute Gasteiger partial charge is 0.160 e. The lowest BCUT2D eigenvalue weighted by Crippen LogP contribution is -2.48. The highest BCUT2D eigenvalue weighted by molar-refractivity contribution is 5.81. The topological polar surface area (TPSA) is 86.8 Å². The summed E-state index contributed by atoms with van der Waals surface area (Å²) >= 11 is 0. The van der Waals surface area contributed by atoms with Crippen LogP contribution in [0.15, 0.2) is 0 Å². The third-order valence-corrected chi connectivity index (χ3v) is 6.11. The molecule has 1 aliphatic heterocycles. The summed E-state index contributed by atoms with van der Waals surface area (Å²) in [5.41, 5.74) is 0. The molecular formula is C30H60N2O7. The molecule has 0 aliphatic carbocycles. The molecule has 0 radical (unpaired) electrons. The van der Waals surface area contributed by atoms with Crippen LogP contribution in [-0.4, -0.2) is 126 Å². The molecule has 0 bridgehead atoms. The highest BCUT2D eigenvalue weighted by Gasteiger charge is 2.16.